The quantitative estimate of drug-likeness (QED) is 0.727. The van der Waals surface area contributed by atoms with Crippen molar-refractivity contribution < 1.29 is 19.5 Å². The molecule has 1 N–H and O–H groups in total. The number of carbonyl (C=O) groups excluding carboxylic acids is 2. The molecular weight excluding hydrogens is 346 g/mol. The maximum atomic E-state index is 11.8. The molecule has 27 heavy (non-hydrogen) atoms. The average Bonchev–Trinajstić information content (AvgIpc) is 2.66. The minimum atomic E-state index is -0.822. The molecule has 1 aromatic rings. The van der Waals surface area contributed by atoms with Crippen LogP contribution in [0.1, 0.15) is 37.3 Å². The number of carbonyl (C=O) groups is 3. The molecule has 2 saturated heterocycles. The Hall–Kier alpha value is -2.25. The number of nitrogens with zero attached hydrogens (tertiary/aromatic N) is 3. The van der Waals surface area contributed by atoms with Gasteiger partial charge in [-0.05, 0) is 24.9 Å². The second-order valence-corrected chi connectivity index (χ2v) is 7.18. The number of hydrogen-bond donors (Lipinski definition) is 1. The fourth-order valence-corrected chi connectivity index (χ4v) is 3.89. The predicted molar refractivity (Wildman–Crippen MR) is 100 cm³/mol. The van der Waals surface area contributed by atoms with E-state index in [1.807, 2.05) is 35.2 Å². The van der Waals surface area contributed by atoms with Gasteiger partial charge in [0.15, 0.2) is 0 Å². The van der Waals surface area contributed by atoms with Crippen molar-refractivity contribution in [2.24, 2.45) is 0 Å². The van der Waals surface area contributed by atoms with E-state index in [0.717, 1.165) is 31.6 Å². The van der Waals surface area contributed by atoms with Crippen LogP contribution in [0.5, 0.6) is 0 Å². The van der Waals surface area contributed by atoms with E-state index in [1.54, 1.807) is 0 Å². The summed E-state index contributed by atoms with van der Waals surface area (Å²) in [5, 5.41) is 9.66. The zero-order chi connectivity index (χ0) is 19.2. The third-order valence-electron chi connectivity index (χ3n) is 5.36. The molecule has 0 aromatic heterocycles. The van der Waals surface area contributed by atoms with Crippen LogP contribution < -0.4 is 0 Å². The summed E-state index contributed by atoms with van der Waals surface area (Å²) in [7, 11) is 0. The van der Waals surface area contributed by atoms with Gasteiger partial charge in [-0.3, -0.25) is 24.2 Å². The molecule has 7 heteroatoms. The van der Waals surface area contributed by atoms with Crippen LogP contribution >= 0.6 is 0 Å². The summed E-state index contributed by atoms with van der Waals surface area (Å²) >= 11 is 0. The summed E-state index contributed by atoms with van der Waals surface area (Å²) in [6.45, 7) is 4.26. The number of rotatable bonds is 7. The highest BCUT2D eigenvalue weighted by Gasteiger charge is 2.30. The lowest BCUT2D eigenvalue weighted by molar-refractivity contribution is -0.148. The highest BCUT2D eigenvalue weighted by molar-refractivity contribution is 5.97. The van der Waals surface area contributed by atoms with Gasteiger partial charge in [0.1, 0.15) is 6.04 Å². The van der Waals surface area contributed by atoms with E-state index in [0.29, 0.717) is 38.9 Å². The monoisotopic (exact) mass is 373 g/mol. The van der Waals surface area contributed by atoms with Gasteiger partial charge >= 0.3 is 5.97 Å². The number of carboxylic acid groups (broad SMARTS) is 1. The molecule has 0 radical (unpaired) electrons. The van der Waals surface area contributed by atoms with Crippen molar-refractivity contribution in [3.63, 3.8) is 0 Å². The van der Waals surface area contributed by atoms with Crippen molar-refractivity contribution in [3.05, 3.63) is 35.9 Å². The van der Waals surface area contributed by atoms with Crippen LogP contribution in [-0.4, -0.2) is 76.9 Å². The normalized spacial score (nSPS) is 20.7. The van der Waals surface area contributed by atoms with Gasteiger partial charge in [0, 0.05) is 45.6 Å². The van der Waals surface area contributed by atoms with E-state index in [9.17, 15) is 19.5 Å². The van der Waals surface area contributed by atoms with Crippen LogP contribution in [0.4, 0.5) is 0 Å². The summed E-state index contributed by atoms with van der Waals surface area (Å²) in [6, 6.07) is 8.72. The fourth-order valence-electron chi connectivity index (χ4n) is 3.89. The van der Waals surface area contributed by atoms with Crippen molar-refractivity contribution in [3.8, 4) is 0 Å². The van der Waals surface area contributed by atoms with Gasteiger partial charge in [-0.1, -0.05) is 30.3 Å². The zero-order valence-electron chi connectivity index (χ0n) is 15.5. The van der Waals surface area contributed by atoms with E-state index in [-0.39, 0.29) is 11.8 Å². The topological polar surface area (TPSA) is 81.2 Å². The van der Waals surface area contributed by atoms with Crippen molar-refractivity contribution in [2.45, 2.75) is 31.7 Å². The molecule has 1 unspecified atom stereocenters. The molecule has 146 valence electrons. The molecule has 1 atom stereocenters. The standard InChI is InChI=1S/C20H27N3O4/c24-17-8-4-9-18(25)23(17)11-5-10-21-12-14-22(15-13-21)19(20(26)27)16-6-2-1-3-7-16/h1-3,6-7,19H,4-5,8-15H2,(H,26,27). The summed E-state index contributed by atoms with van der Waals surface area (Å²) in [5.74, 6) is -0.928. The number of imide groups is 1. The van der Waals surface area contributed by atoms with Crippen molar-refractivity contribution in [1.29, 1.82) is 0 Å². The second-order valence-electron chi connectivity index (χ2n) is 7.18. The van der Waals surface area contributed by atoms with E-state index >= 15 is 0 Å². The van der Waals surface area contributed by atoms with Gasteiger partial charge in [0.2, 0.25) is 11.8 Å². The molecule has 2 fully saturated rings. The lowest BCUT2D eigenvalue weighted by Gasteiger charge is -2.38. The number of likely N-dealkylation sites (tertiary alicyclic amines) is 1. The Morgan fingerprint density at radius 2 is 1.59 bits per heavy atom. The minimum Gasteiger partial charge on any atom is -0.480 e. The molecule has 0 saturated carbocycles. The predicted octanol–water partition coefficient (Wildman–Crippen LogP) is 1.36. The molecule has 0 aliphatic carbocycles. The van der Waals surface area contributed by atoms with Crippen LogP contribution in [0.2, 0.25) is 0 Å². The van der Waals surface area contributed by atoms with Crippen molar-refractivity contribution in [1.82, 2.24) is 14.7 Å². The van der Waals surface area contributed by atoms with E-state index in [4.69, 9.17) is 0 Å². The molecule has 2 heterocycles. The number of benzene rings is 1. The van der Waals surface area contributed by atoms with E-state index in [1.165, 1.54) is 4.90 Å². The average molecular weight is 373 g/mol. The number of hydrogen-bond acceptors (Lipinski definition) is 5. The highest BCUT2D eigenvalue weighted by Crippen LogP contribution is 2.22. The van der Waals surface area contributed by atoms with Crippen LogP contribution in [0.15, 0.2) is 30.3 Å². The van der Waals surface area contributed by atoms with Gasteiger partial charge in [-0.2, -0.15) is 0 Å². The fraction of sp³-hybridized carbons (Fsp3) is 0.550. The molecule has 0 bridgehead atoms. The summed E-state index contributed by atoms with van der Waals surface area (Å²) in [5.41, 5.74) is 0.806. The van der Waals surface area contributed by atoms with Crippen LogP contribution in [0, 0.1) is 0 Å². The van der Waals surface area contributed by atoms with E-state index in [2.05, 4.69) is 4.90 Å². The number of amides is 2. The van der Waals surface area contributed by atoms with Gasteiger partial charge in [-0.25, -0.2) is 0 Å². The first kappa shape index (κ1) is 19.5. The zero-order valence-corrected chi connectivity index (χ0v) is 15.5. The number of piperazine rings is 1. The molecule has 3 rings (SSSR count). The molecule has 2 aliphatic heterocycles. The smallest absolute Gasteiger partial charge is 0.325 e. The first-order chi connectivity index (χ1) is 13.1. The largest absolute Gasteiger partial charge is 0.480 e. The molecule has 7 nitrogen and oxygen atoms in total. The highest BCUT2D eigenvalue weighted by atomic mass is 16.4. The van der Waals surface area contributed by atoms with Crippen molar-refractivity contribution in [2.75, 3.05) is 39.3 Å². The summed E-state index contributed by atoms with van der Waals surface area (Å²) in [6.07, 6.45) is 2.38. The van der Waals surface area contributed by atoms with Gasteiger partial charge in [-0.15, -0.1) is 0 Å². The third-order valence-corrected chi connectivity index (χ3v) is 5.36. The lowest BCUT2D eigenvalue weighted by Crippen LogP contribution is -2.50. The Balaban J connectivity index is 1.46. The Kier molecular flexibility index (Phi) is 6.58. The summed E-state index contributed by atoms with van der Waals surface area (Å²) < 4.78 is 0. The van der Waals surface area contributed by atoms with Crippen LogP contribution in [0.25, 0.3) is 0 Å². The molecule has 1 aromatic carbocycles. The number of carboxylic acids is 1. The lowest BCUT2D eigenvalue weighted by atomic mass is 10.0. The van der Waals surface area contributed by atoms with Crippen LogP contribution in [0.3, 0.4) is 0 Å². The maximum absolute atomic E-state index is 11.8. The Morgan fingerprint density at radius 3 is 2.19 bits per heavy atom. The Labute approximate surface area is 159 Å². The second kappa shape index (κ2) is 9.10. The third kappa shape index (κ3) is 4.93. The minimum absolute atomic E-state index is 0.0526. The summed E-state index contributed by atoms with van der Waals surface area (Å²) in [4.78, 5) is 41.1. The molecular formula is C20H27N3O4. The van der Waals surface area contributed by atoms with Gasteiger partial charge in [0.25, 0.3) is 0 Å². The molecule has 0 spiro atoms. The van der Waals surface area contributed by atoms with Gasteiger partial charge in [0.05, 0.1) is 0 Å². The first-order valence-corrected chi connectivity index (χ1v) is 9.63. The SMILES string of the molecule is O=C(O)C(c1ccccc1)N1CCN(CCCN2C(=O)CCCC2=O)CC1. The van der Waals surface area contributed by atoms with E-state index < -0.39 is 12.0 Å². The molecule has 2 amide bonds. The molecule has 2 aliphatic rings. The Bertz CT molecular complexity index is 655. The Morgan fingerprint density at radius 1 is 0.963 bits per heavy atom. The van der Waals surface area contributed by atoms with Crippen molar-refractivity contribution >= 4 is 17.8 Å². The number of piperidine rings is 1. The van der Waals surface area contributed by atoms with Gasteiger partial charge < -0.3 is 10.0 Å². The number of aliphatic carboxylic acids is 1. The first-order valence-electron chi connectivity index (χ1n) is 9.63. The maximum Gasteiger partial charge on any atom is 0.325 e. The van der Waals surface area contributed by atoms with Crippen LogP contribution in [-0.2, 0) is 14.4 Å².